The number of pyridine rings is 1. The van der Waals surface area contributed by atoms with Gasteiger partial charge >= 0.3 is 6.18 Å². The Morgan fingerprint density at radius 2 is 1.96 bits per heavy atom. The Labute approximate surface area is 157 Å². The Morgan fingerprint density at radius 1 is 1.31 bits per heavy atom. The summed E-state index contributed by atoms with van der Waals surface area (Å²) in [6.07, 6.45) is -2.92. The molecule has 0 spiro atoms. The Hall–Kier alpha value is -1.51. The van der Waals surface area contributed by atoms with E-state index in [4.69, 9.17) is 16.3 Å². The van der Waals surface area contributed by atoms with Crippen LogP contribution in [0.1, 0.15) is 22.8 Å². The molecular weight excluding hydrogens is 389 g/mol. The van der Waals surface area contributed by atoms with Crippen LogP contribution in [-0.2, 0) is 10.9 Å². The maximum absolute atomic E-state index is 13.6. The van der Waals surface area contributed by atoms with Gasteiger partial charge in [0.2, 0.25) is 0 Å². The summed E-state index contributed by atoms with van der Waals surface area (Å²) in [5, 5.41) is 0.460. The fraction of sp³-hybridized carbons (Fsp3) is 0.412. The van der Waals surface area contributed by atoms with Crippen molar-refractivity contribution in [1.29, 1.82) is 0 Å². The molecule has 1 aliphatic heterocycles. The molecule has 1 aliphatic rings. The highest BCUT2D eigenvalue weighted by atomic mass is 35.5. The van der Waals surface area contributed by atoms with Crippen LogP contribution in [-0.4, -0.2) is 43.3 Å². The number of hydrogen-bond donors (Lipinski definition) is 0. The number of carbonyl (C=O) groups excluding carboxylic acids is 1. The van der Waals surface area contributed by atoms with Crippen molar-refractivity contribution >= 4 is 45.7 Å². The van der Waals surface area contributed by atoms with Crippen LogP contribution >= 0.6 is 23.4 Å². The van der Waals surface area contributed by atoms with Gasteiger partial charge in [0.25, 0.3) is 0 Å². The van der Waals surface area contributed by atoms with Crippen LogP contribution in [0, 0.1) is 0 Å². The standard InChI is InChI=1S/C17H16ClF3N2O2S/c1-9(24)13-15(23-3-5-25-6-4-23)11-7-10(18)8-12(17(19,20)21)14(11)22-16(13)26-2/h7-8H,3-6H2,1-2H3. The largest absolute Gasteiger partial charge is 0.418 e. The van der Waals surface area contributed by atoms with Crippen molar-refractivity contribution in [2.24, 2.45) is 0 Å². The third kappa shape index (κ3) is 3.50. The van der Waals surface area contributed by atoms with Gasteiger partial charge in [0.1, 0.15) is 5.03 Å². The molecule has 2 aromatic rings. The molecule has 3 rings (SSSR count). The summed E-state index contributed by atoms with van der Waals surface area (Å²) in [4.78, 5) is 18.4. The second-order valence-electron chi connectivity index (χ2n) is 5.85. The molecule has 2 heterocycles. The number of hydrogen-bond acceptors (Lipinski definition) is 5. The molecule has 0 N–H and O–H groups in total. The van der Waals surface area contributed by atoms with E-state index in [1.807, 2.05) is 4.90 Å². The minimum absolute atomic E-state index is 0.0486. The highest BCUT2D eigenvalue weighted by molar-refractivity contribution is 7.98. The molecule has 0 saturated carbocycles. The molecule has 26 heavy (non-hydrogen) atoms. The quantitative estimate of drug-likeness (QED) is 0.549. The van der Waals surface area contributed by atoms with Crippen molar-refractivity contribution in [3.63, 3.8) is 0 Å². The first-order valence-electron chi connectivity index (χ1n) is 7.86. The van der Waals surface area contributed by atoms with Gasteiger partial charge in [-0.05, 0) is 25.3 Å². The zero-order chi connectivity index (χ0) is 19.1. The number of fused-ring (bicyclic) bond motifs is 1. The molecule has 0 atom stereocenters. The van der Waals surface area contributed by atoms with Crippen LogP contribution in [0.3, 0.4) is 0 Å². The Kier molecular flexibility index (Phi) is 5.37. The minimum atomic E-state index is -4.61. The number of ether oxygens (including phenoxy) is 1. The Balaban J connectivity index is 2.44. The second-order valence-corrected chi connectivity index (χ2v) is 7.08. The number of benzene rings is 1. The van der Waals surface area contributed by atoms with E-state index < -0.39 is 11.7 Å². The number of nitrogens with zero attached hydrogens (tertiary/aromatic N) is 2. The molecule has 1 saturated heterocycles. The maximum atomic E-state index is 13.6. The van der Waals surface area contributed by atoms with Crippen molar-refractivity contribution in [3.05, 3.63) is 28.3 Å². The first-order valence-corrected chi connectivity index (χ1v) is 9.46. The van der Waals surface area contributed by atoms with Gasteiger partial charge in [-0.15, -0.1) is 11.8 Å². The molecule has 9 heteroatoms. The van der Waals surface area contributed by atoms with E-state index in [9.17, 15) is 18.0 Å². The molecular formula is C17H16ClF3N2O2S. The molecule has 0 bridgehead atoms. The summed E-state index contributed by atoms with van der Waals surface area (Å²) in [6, 6.07) is 2.32. The van der Waals surface area contributed by atoms with Crippen molar-refractivity contribution in [3.8, 4) is 0 Å². The van der Waals surface area contributed by atoms with E-state index in [1.54, 1.807) is 6.26 Å². The zero-order valence-corrected chi connectivity index (χ0v) is 15.7. The number of rotatable bonds is 3. The first-order chi connectivity index (χ1) is 12.2. The summed E-state index contributed by atoms with van der Waals surface area (Å²) < 4.78 is 46.0. The van der Waals surface area contributed by atoms with E-state index in [2.05, 4.69) is 4.98 Å². The van der Waals surface area contributed by atoms with Crippen molar-refractivity contribution in [2.75, 3.05) is 37.5 Å². The number of aromatic nitrogens is 1. The molecule has 0 aliphatic carbocycles. The average molecular weight is 405 g/mol. The fourth-order valence-electron chi connectivity index (χ4n) is 3.09. The Bertz CT molecular complexity index is 867. The molecule has 0 unspecified atom stereocenters. The SMILES string of the molecule is CSc1nc2c(C(F)(F)F)cc(Cl)cc2c(N2CCOCC2)c1C(C)=O. The lowest BCUT2D eigenvalue weighted by atomic mass is 10.0. The molecule has 4 nitrogen and oxygen atoms in total. The number of alkyl halides is 3. The smallest absolute Gasteiger partial charge is 0.378 e. The maximum Gasteiger partial charge on any atom is 0.418 e. The summed E-state index contributed by atoms with van der Waals surface area (Å²) in [7, 11) is 0. The number of anilines is 1. The molecule has 0 radical (unpaired) electrons. The lowest BCUT2D eigenvalue weighted by Crippen LogP contribution is -2.37. The van der Waals surface area contributed by atoms with Crippen LogP contribution in [0.15, 0.2) is 17.2 Å². The summed E-state index contributed by atoms with van der Waals surface area (Å²) in [5.74, 6) is -0.251. The number of Topliss-reactive ketones (excluding diaryl/α,β-unsaturated/α-hetero) is 1. The van der Waals surface area contributed by atoms with Crippen molar-refractivity contribution in [1.82, 2.24) is 4.98 Å². The van der Waals surface area contributed by atoms with E-state index in [0.29, 0.717) is 37.6 Å². The lowest BCUT2D eigenvalue weighted by molar-refractivity contribution is -0.136. The van der Waals surface area contributed by atoms with Gasteiger partial charge in [0.05, 0.1) is 35.5 Å². The van der Waals surface area contributed by atoms with Gasteiger partial charge in [-0.25, -0.2) is 4.98 Å². The average Bonchev–Trinajstić information content (AvgIpc) is 2.59. The summed E-state index contributed by atoms with van der Waals surface area (Å²) in [5.41, 5.74) is -0.330. The predicted octanol–water partition coefficient (Wildman–Crippen LogP) is 4.67. The highest BCUT2D eigenvalue weighted by Gasteiger charge is 2.36. The van der Waals surface area contributed by atoms with Crippen LogP contribution < -0.4 is 4.90 Å². The van der Waals surface area contributed by atoms with Crippen molar-refractivity contribution < 1.29 is 22.7 Å². The molecule has 1 aromatic heterocycles. The molecule has 140 valence electrons. The minimum Gasteiger partial charge on any atom is -0.378 e. The molecule has 1 fully saturated rings. The number of thioether (sulfide) groups is 1. The van der Waals surface area contributed by atoms with E-state index >= 15 is 0 Å². The van der Waals surface area contributed by atoms with Crippen molar-refractivity contribution in [2.45, 2.75) is 18.1 Å². The highest BCUT2D eigenvalue weighted by Crippen LogP contribution is 2.42. The van der Waals surface area contributed by atoms with E-state index in [1.165, 1.54) is 13.0 Å². The summed E-state index contributed by atoms with van der Waals surface area (Å²) >= 11 is 7.14. The van der Waals surface area contributed by atoms with Gasteiger partial charge in [-0.1, -0.05) is 11.6 Å². The Morgan fingerprint density at radius 3 is 2.50 bits per heavy atom. The van der Waals surface area contributed by atoms with Gasteiger partial charge in [0.15, 0.2) is 5.78 Å². The number of halogens is 4. The van der Waals surface area contributed by atoms with E-state index in [0.717, 1.165) is 17.8 Å². The zero-order valence-electron chi connectivity index (χ0n) is 14.1. The fourth-order valence-corrected chi connectivity index (χ4v) is 3.94. The number of ketones is 1. The van der Waals surface area contributed by atoms with Gasteiger partial charge in [-0.2, -0.15) is 13.2 Å². The topological polar surface area (TPSA) is 42.4 Å². The first kappa shape index (κ1) is 19.3. The number of carbonyl (C=O) groups is 1. The third-order valence-electron chi connectivity index (χ3n) is 4.17. The molecule has 1 aromatic carbocycles. The van der Waals surface area contributed by atoms with Gasteiger partial charge in [-0.3, -0.25) is 4.79 Å². The van der Waals surface area contributed by atoms with Crippen LogP contribution in [0.4, 0.5) is 18.9 Å². The monoisotopic (exact) mass is 404 g/mol. The van der Waals surface area contributed by atoms with E-state index in [-0.39, 0.29) is 26.7 Å². The van der Waals surface area contributed by atoms with Crippen LogP contribution in [0.5, 0.6) is 0 Å². The lowest BCUT2D eigenvalue weighted by Gasteiger charge is -2.32. The third-order valence-corrected chi connectivity index (χ3v) is 5.07. The second kappa shape index (κ2) is 7.25. The molecule has 0 amide bonds. The van der Waals surface area contributed by atoms with Crippen LogP contribution in [0.25, 0.3) is 10.9 Å². The normalized spacial score (nSPS) is 15.5. The predicted molar refractivity (Wildman–Crippen MR) is 96.6 cm³/mol. The summed E-state index contributed by atoms with van der Waals surface area (Å²) in [6.45, 7) is 3.20. The van der Waals surface area contributed by atoms with Crippen LogP contribution in [0.2, 0.25) is 5.02 Å². The van der Waals surface area contributed by atoms with Gasteiger partial charge in [0, 0.05) is 23.5 Å². The number of morpholine rings is 1. The van der Waals surface area contributed by atoms with Gasteiger partial charge < -0.3 is 9.64 Å².